The average molecular weight is 143 g/mol. The molecule has 2 nitrogen and oxygen atoms in total. The van der Waals surface area contributed by atoms with Crippen molar-refractivity contribution in [3.05, 3.63) is 0 Å². The van der Waals surface area contributed by atoms with Crippen LogP contribution in [-0.4, -0.2) is 24.3 Å². The van der Waals surface area contributed by atoms with Gasteiger partial charge in [0.2, 0.25) is 0 Å². The summed E-state index contributed by atoms with van der Waals surface area (Å²) in [5.74, 6) is 0. The van der Waals surface area contributed by atoms with Gasteiger partial charge in [-0.1, -0.05) is 6.92 Å². The van der Waals surface area contributed by atoms with Gasteiger partial charge in [-0.3, -0.25) is 4.84 Å². The Balaban J connectivity index is 2.11. The van der Waals surface area contributed by atoms with Gasteiger partial charge in [0.15, 0.2) is 0 Å². The van der Waals surface area contributed by atoms with Gasteiger partial charge in [-0.25, -0.2) is 0 Å². The zero-order valence-corrected chi connectivity index (χ0v) is 6.97. The van der Waals surface area contributed by atoms with Gasteiger partial charge in [-0.05, 0) is 26.2 Å². The van der Waals surface area contributed by atoms with Crippen LogP contribution in [0, 0.1) is 0 Å². The Bertz CT molecular complexity index is 89.3. The first-order valence-corrected chi connectivity index (χ1v) is 4.24. The highest BCUT2D eigenvalue weighted by Crippen LogP contribution is 2.10. The number of hydrogen-bond acceptors (Lipinski definition) is 2. The van der Waals surface area contributed by atoms with E-state index < -0.39 is 0 Å². The molecule has 0 saturated carbocycles. The smallest absolute Gasteiger partial charge is 0.0762 e. The third-order valence-electron chi connectivity index (χ3n) is 1.97. The van der Waals surface area contributed by atoms with E-state index in [0.29, 0.717) is 6.10 Å². The van der Waals surface area contributed by atoms with Gasteiger partial charge < -0.3 is 0 Å². The molecule has 0 spiro atoms. The van der Waals surface area contributed by atoms with Crippen molar-refractivity contribution in [1.82, 2.24) is 5.06 Å². The van der Waals surface area contributed by atoms with Crippen molar-refractivity contribution in [3.8, 4) is 0 Å². The molecule has 1 fully saturated rings. The van der Waals surface area contributed by atoms with E-state index in [1.165, 1.54) is 12.8 Å². The molecule has 0 aliphatic carbocycles. The molecule has 0 aromatic carbocycles. The third kappa shape index (κ3) is 2.27. The number of hydroxylamine groups is 2. The summed E-state index contributed by atoms with van der Waals surface area (Å²) in [6, 6.07) is 0. The summed E-state index contributed by atoms with van der Waals surface area (Å²) in [7, 11) is 0. The summed E-state index contributed by atoms with van der Waals surface area (Å²) >= 11 is 0. The van der Waals surface area contributed by atoms with Gasteiger partial charge in [0.05, 0.1) is 6.10 Å². The minimum atomic E-state index is 0.401. The molecule has 0 aromatic heterocycles. The van der Waals surface area contributed by atoms with Gasteiger partial charge in [0.25, 0.3) is 0 Å². The topological polar surface area (TPSA) is 12.5 Å². The maximum Gasteiger partial charge on any atom is 0.0762 e. The molecule has 1 heterocycles. The SMILES string of the molecule is CCC(C)ON1CCCC1. The first-order valence-electron chi connectivity index (χ1n) is 4.24. The van der Waals surface area contributed by atoms with E-state index in [1.54, 1.807) is 0 Å². The molecule has 1 rings (SSSR count). The fraction of sp³-hybridized carbons (Fsp3) is 1.00. The molecular weight excluding hydrogens is 126 g/mol. The van der Waals surface area contributed by atoms with Crippen LogP contribution in [0.1, 0.15) is 33.1 Å². The van der Waals surface area contributed by atoms with Gasteiger partial charge in [-0.2, -0.15) is 5.06 Å². The lowest BCUT2D eigenvalue weighted by Gasteiger charge is -2.19. The highest BCUT2D eigenvalue weighted by Gasteiger charge is 2.13. The van der Waals surface area contributed by atoms with Crippen LogP contribution in [0.15, 0.2) is 0 Å². The van der Waals surface area contributed by atoms with E-state index in [4.69, 9.17) is 4.84 Å². The Labute approximate surface area is 63.1 Å². The first kappa shape index (κ1) is 8.02. The third-order valence-corrected chi connectivity index (χ3v) is 1.97. The Kier molecular flexibility index (Phi) is 3.16. The van der Waals surface area contributed by atoms with Crippen molar-refractivity contribution in [2.75, 3.05) is 13.1 Å². The average Bonchev–Trinajstić information content (AvgIpc) is 2.40. The Morgan fingerprint density at radius 2 is 2.00 bits per heavy atom. The lowest BCUT2D eigenvalue weighted by Crippen LogP contribution is -2.24. The molecule has 0 aromatic rings. The maximum absolute atomic E-state index is 5.59. The second kappa shape index (κ2) is 3.94. The van der Waals surface area contributed by atoms with Crippen molar-refractivity contribution in [1.29, 1.82) is 0 Å². The Morgan fingerprint density at radius 3 is 2.50 bits per heavy atom. The molecular formula is C8H17NO. The summed E-state index contributed by atoms with van der Waals surface area (Å²) in [6.07, 6.45) is 4.11. The normalized spacial score (nSPS) is 23.4. The molecule has 1 atom stereocenters. The fourth-order valence-corrected chi connectivity index (χ4v) is 1.12. The van der Waals surface area contributed by atoms with E-state index in [0.717, 1.165) is 19.5 Å². The van der Waals surface area contributed by atoms with Crippen LogP contribution >= 0.6 is 0 Å². The molecule has 1 saturated heterocycles. The molecule has 1 aliphatic heterocycles. The van der Waals surface area contributed by atoms with E-state index in [2.05, 4.69) is 18.9 Å². The predicted octanol–water partition coefficient (Wildman–Crippen LogP) is 1.81. The molecule has 0 radical (unpaired) electrons. The van der Waals surface area contributed by atoms with Gasteiger partial charge in [0, 0.05) is 13.1 Å². The number of rotatable bonds is 3. The van der Waals surface area contributed by atoms with Crippen LogP contribution in [-0.2, 0) is 4.84 Å². The van der Waals surface area contributed by atoms with Crippen molar-refractivity contribution in [3.63, 3.8) is 0 Å². The molecule has 0 bridgehead atoms. The van der Waals surface area contributed by atoms with Gasteiger partial charge in [-0.15, -0.1) is 0 Å². The van der Waals surface area contributed by atoms with Crippen molar-refractivity contribution >= 4 is 0 Å². The minimum absolute atomic E-state index is 0.401. The molecule has 1 unspecified atom stereocenters. The number of hydrogen-bond donors (Lipinski definition) is 0. The van der Waals surface area contributed by atoms with Gasteiger partial charge >= 0.3 is 0 Å². The van der Waals surface area contributed by atoms with Crippen LogP contribution in [0.3, 0.4) is 0 Å². The van der Waals surface area contributed by atoms with E-state index >= 15 is 0 Å². The summed E-state index contributed by atoms with van der Waals surface area (Å²) in [6.45, 7) is 6.54. The van der Waals surface area contributed by atoms with Crippen LogP contribution in [0.4, 0.5) is 0 Å². The Morgan fingerprint density at radius 1 is 1.40 bits per heavy atom. The monoisotopic (exact) mass is 143 g/mol. The fourth-order valence-electron chi connectivity index (χ4n) is 1.12. The lowest BCUT2D eigenvalue weighted by atomic mass is 10.3. The minimum Gasteiger partial charge on any atom is -0.296 e. The Hall–Kier alpha value is -0.0800. The molecule has 1 aliphatic rings. The largest absolute Gasteiger partial charge is 0.296 e. The lowest BCUT2D eigenvalue weighted by molar-refractivity contribution is -0.179. The molecule has 2 heteroatoms. The summed E-state index contributed by atoms with van der Waals surface area (Å²) in [5.41, 5.74) is 0. The standard InChI is InChI=1S/C8H17NO/c1-3-8(2)10-9-6-4-5-7-9/h8H,3-7H2,1-2H3. The summed E-state index contributed by atoms with van der Waals surface area (Å²) < 4.78 is 0. The quantitative estimate of drug-likeness (QED) is 0.597. The second-order valence-electron chi connectivity index (χ2n) is 2.96. The second-order valence-corrected chi connectivity index (χ2v) is 2.96. The van der Waals surface area contributed by atoms with Crippen molar-refractivity contribution in [2.45, 2.75) is 39.2 Å². The molecule has 0 amide bonds. The number of nitrogens with zero attached hydrogens (tertiary/aromatic N) is 1. The zero-order valence-electron chi connectivity index (χ0n) is 6.97. The highest BCUT2D eigenvalue weighted by atomic mass is 16.7. The maximum atomic E-state index is 5.59. The van der Waals surface area contributed by atoms with Crippen molar-refractivity contribution < 1.29 is 4.84 Å². The van der Waals surface area contributed by atoms with Crippen molar-refractivity contribution in [2.24, 2.45) is 0 Å². The summed E-state index contributed by atoms with van der Waals surface area (Å²) in [4.78, 5) is 5.59. The van der Waals surface area contributed by atoms with Gasteiger partial charge in [0.1, 0.15) is 0 Å². The predicted molar refractivity (Wildman–Crippen MR) is 41.6 cm³/mol. The van der Waals surface area contributed by atoms with Crippen LogP contribution in [0.5, 0.6) is 0 Å². The van der Waals surface area contributed by atoms with Crippen LogP contribution in [0.25, 0.3) is 0 Å². The zero-order chi connectivity index (χ0) is 7.40. The summed E-state index contributed by atoms with van der Waals surface area (Å²) in [5, 5.41) is 2.09. The van der Waals surface area contributed by atoms with E-state index in [-0.39, 0.29) is 0 Å². The van der Waals surface area contributed by atoms with Crippen LogP contribution in [0.2, 0.25) is 0 Å². The molecule has 0 N–H and O–H groups in total. The van der Waals surface area contributed by atoms with E-state index in [1.807, 2.05) is 0 Å². The molecule has 10 heavy (non-hydrogen) atoms. The van der Waals surface area contributed by atoms with E-state index in [9.17, 15) is 0 Å². The first-order chi connectivity index (χ1) is 4.83. The molecule has 60 valence electrons. The highest BCUT2D eigenvalue weighted by molar-refractivity contribution is 4.58. The van der Waals surface area contributed by atoms with Crippen LogP contribution < -0.4 is 0 Å².